The third-order valence-corrected chi connectivity index (χ3v) is 13.2. The van der Waals surface area contributed by atoms with Crippen molar-refractivity contribution in [2.45, 2.75) is 64.0 Å². The summed E-state index contributed by atoms with van der Waals surface area (Å²) >= 11 is 6.38. The molecule has 6 heterocycles. The van der Waals surface area contributed by atoms with Gasteiger partial charge < -0.3 is 24.9 Å². The van der Waals surface area contributed by atoms with Crippen LogP contribution in [0.4, 0.5) is 22.9 Å². The van der Waals surface area contributed by atoms with Gasteiger partial charge in [0, 0.05) is 113 Å². The first-order chi connectivity index (χ1) is 27.1. The van der Waals surface area contributed by atoms with Crippen LogP contribution in [0, 0.1) is 22.7 Å². The first-order valence-corrected chi connectivity index (χ1v) is 20.7. The number of imide groups is 1. The Hall–Kier alpha value is -4.86. The van der Waals surface area contributed by atoms with Crippen LogP contribution >= 0.6 is 11.6 Å². The number of carbonyl (C=O) groups is 3. The number of amides is 3. The van der Waals surface area contributed by atoms with Crippen molar-refractivity contribution in [1.82, 2.24) is 20.1 Å². The fourth-order valence-electron chi connectivity index (χ4n) is 9.59. The number of nitriles is 1. The number of halogens is 1. The van der Waals surface area contributed by atoms with Gasteiger partial charge in [0.05, 0.1) is 10.6 Å². The minimum atomic E-state index is -0.417. The van der Waals surface area contributed by atoms with Crippen molar-refractivity contribution in [3.05, 3.63) is 76.9 Å². The van der Waals surface area contributed by atoms with Gasteiger partial charge in [0.2, 0.25) is 11.8 Å². The number of benzene rings is 2. The molecule has 3 amide bonds. The molecule has 5 aliphatic rings. The molecule has 2 atom stereocenters. The van der Waals surface area contributed by atoms with Gasteiger partial charge in [0.1, 0.15) is 17.9 Å². The molecule has 5 aliphatic heterocycles. The predicted octanol–water partition coefficient (Wildman–Crippen LogP) is 5.38. The molecule has 8 rings (SSSR count). The molecule has 0 unspecified atom stereocenters. The van der Waals surface area contributed by atoms with Gasteiger partial charge in [-0.3, -0.25) is 24.6 Å². The van der Waals surface area contributed by atoms with Gasteiger partial charge in [-0.25, -0.2) is 4.98 Å². The summed E-state index contributed by atoms with van der Waals surface area (Å²) in [6.45, 7) is 11.6. The molecule has 5 saturated heterocycles. The molecule has 13 heteroatoms. The van der Waals surface area contributed by atoms with E-state index >= 15 is 0 Å². The monoisotopic (exact) mass is 777 g/mol. The molecule has 12 nitrogen and oxygen atoms in total. The van der Waals surface area contributed by atoms with Gasteiger partial charge in [-0.1, -0.05) is 11.6 Å². The fraction of sp³-hybridized carbons (Fsp3) is 0.512. The van der Waals surface area contributed by atoms with Crippen LogP contribution in [0.5, 0.6) is 0 Å². The summed E-state index contributed by atoms with van der Waals surface area (Å²) in [5, 5.41) is 15.5. The summed E-state index contributed by atoms with van der Waals surface area (Å²) in [6.07, 6.45) is 8.04. The van der Waals surface area contributed by atoms with Crippen LogP contribution < -0.4 is 25.3 Å². The van der Waals surface area contributed by atoms with Gasteiger partial charge in [-0.15, -0.1) is 0 Å². The highest BCUT2D eigenvalue weighted by molar-refractivity contribution is 6.32. The highest BCUT2D eigenvalue weighted by Gasteiger charge is 2.44. The normalized spacial score (nSPS) is 23.3. The Morgan fingerprint density at radius 3 is 2.36 bits per heavy atom. The second kappa shape index (κ2) is 16.3. The first kappa shape index (κ1) is 38.0. The SMILES string of the molecule is C[C@H]1CC2(CCN(c3ccc(C(=O)N4CCC(CN5CCN(c6cc(N[C@H]7CCC(=O)NC7=O)ccn6)CC5)CC4)cc3)CC2)CN1c1ccc(C#N)c(Cl)c1. The maximum Gasteiger partial charge on any atom is 0.253 e. The summed E-state index contributed by atoms with van der Waals surface area (Å²) in [7, 11) is 0. The zero-order valence-electron chi connectivity index (χ0n) is 32.3. The zero-order chi connectivity index (χ0) is 38.8. The lowest BCUT2D eigenvalue weighted by molar-refractivity contribution is -0.133. The first-order valence-electron chi connectivity index (χ1n) is 20.3. The second-order valence-electron chi connectivity index (χ2n) is 16.6. The highest BCUT2D eigenvalue weighted by atomic mass is 35.5. The molecule has 1 spiro atoms. The lowest BCUT2D eigenvalue weighted by Crippen LogP contribution is -2.49. The number of likely N-dealkylation sites (tertiary alicyclic amines) is 1. The van der Waals surface area contributed by atoms with Crippen LogP contribution in [-0.2, 0) is 9.59 Å². The molecular formula is C43H52ClN9O3. The van der Waals surface area contributed by atoms with E-state index in [0.717, 1.165) is 120 Å². The Labute approximate surface area is 334 Å². The minimum Gasteiger partial charge on any atom is -0.374 e. The Bertz CT molecular complexity index is 1960. The number of hydrogen-bond acceptors (Lipinski definition) is 10. The molecule has 0 saturated carbocycles. The maximum absolute atomic E-state index is 13.5. The number of anilines is 4. The van der Waals surface area contributed by atoms with Crippen LogP contribution in [-0.4, -0.2) is 110 Å². The molecule has 0 bridgehead atoms. The molecule has 294 valence electrons. The van der Waals surface area contributed by atoms with E-state index in [-0.39, 0.29) is 23.1 Å². The molecule has 56 heavy (non-hydrogen) atoms. The number of rotatable bonds is 8. The van der Waals surface area contributed by atoms with E-state index in [1.165, 1.54) is 5.69 Å². The number of pyridine rings is 1. The third kappa shape index (κ3) is 8.30. The van der Waals surface area contributed by atoms with E-state index in [2.05, 4.69) is 60.3 Å². The number of piperazine rings is 1. The van der Waals surface area contributed by atoms with Gasteiger partial charge in [-0.2, -0.15) is 5.26 Å². The van der Waals surface area contributed by atoms with Crippen LogP contribution in [0.25, 0.3) is 0 Å². The van der Waals surface area contributed by atoms with E-state index in [4.69, 9.17) is 11.6 Å². The summed E-state index contributed by atoms with van der Waals surface area (Å²) in [6, 6.07) is 20.1. The van der Waals surface area contributed by atoms with Crippen molar-refractivity contribution in [3.63, 3.8) is 0 Å². The molecule has 2 aromatic carbocycles. The molecule has 1 aromatic heterocycles. The number of aromatic nitrogens is 1. The summed E-state index contributed by atoms with van der Waals surface area (Å²) in [5.74, 6) is 1.11. The maximum atomic E-state index is 13.5. The summed E-state index contributed by atoms with van der Waals surface area (Å²) in [4.78, 5) is 53.7. The van der Waals surface area contributed by atoms with Gasteiger partial charge in [0.25, 0.3) is 5.91 Å². The highest BCUT2D eigenvalue weighted by Crippen LogP contribution is 2.46. The Kier molecular flexibility index (Phi) is 11.1. The fourth-order valence-corrected chi connectivity index (χ4v) is 9.81. The Morgan fingerprint density at radius 2 is 1.66 bits per heavy atom. The van der Waals surface area contributed by atoms with E-state index in [0.29, 0.717) is 35.4 Å². The summed E-state index contributed by atoms with van der Waals surface area (Å²) in [5.41, 5.74) is 4.67. The standard InChI is InChI=1S/C43H52ClN9O3/c1-30-26-43(29-53(30)36-7-4-33(27-45)37(44)25-36)13-18-50(19-14-43)35-5-2-32(3-6-35)42(56)52-16-11-31(12-17-52)28-49-20-22-51(23-21-49)39-24-34(10-15-46-39)47-38-8-9-40(54)48-41(38)55/h2-7,10,15,24-25,30-31,38H,8-9,11-14,16-23,26,28-29H2,1H3,(H,46,47)(H,48,54,55)/t30-,38-/m0/s1. The lowest BCUT2D eigenvalue weighted by atomic mass is 9.76. The smallest absolute Gasteiger partial charge is 0.253 e. The predicted molar refractivity (Wildman–Crippen MR) is 219 cm³/mol. The van der Waals surface area contributed by atoms with E-state index in [9.17, 15) is 19.6 Å². The zero-order valence-corrected chi connectivity index (χ0v) is 33.0. The van der Waals surface area contributed by atoms with Crippen LogP contribution in [0.1, 0.15) is 67.8 Å². The number of carbonyl (C=O) groups excluding carboxylic acids is 3. The van der Waals surface area contributed by atoms with Crippen molar-refractivity contribution in [1.29, 1.82) is 5.26 Å². The topological polar surface area (TPSA) is 128 Å². The van der Waals surface area contributed by atoms with Crippen molar-refractivity contribution in [2.75, 3.05) is 85.5 Å². The van der Waals surface area contributed by atoms with E-state index in [1.807, 2.05) is 47.4 Å². The van der Waals surface area contributed by atoms with Crippen LogP contribution in [0.2, 0.25) is 5.02 Å². The van der Waals surface area contributed by atoms with Gasteiger partial charge in [0.15, 0.2) is 0 Å². The van der Waals surface area contributed by atoms with Crippen molar-refractivity contribution >= 4 is 52.2 Å². The lowest BCUT2D eigenvalue weighted by Gasteiger charge is -2.40. The molecule has 0 aliphatic carbocycles. The molecule has 0 radical (unpaired) electrons. The van der Waals surface area contributed by atoms with Crippen molar-refractivity contribution in [2.24, 2.45) is 11.3 Å². The molecule has 3 aromatic rings. The van der Waals surface area contributed by atoms with E-state index < -0.39 is 6.04 Å². The minimum absolute atomic E-state index is 0.131. The average molecular weight is 778 g/mol. The second-order valence-corrected chi connectivity index (χ2v) is 17.0. The Morgan fingerprint density at radius 1 is 0.929 bits per heavy atom. The number of hydrogen-bond donors (Lipinski definition) is 2. The van der Waals surface area contributed by atoms with Crippen LogP contribution in [0.3, 0.4) is 0 Å². The Balaban J connectivity index is 0.762. The van der Waals surface area contributed by atoms with Crippen molar-refractivity contribution < 1.29 is 14.4 Å². The third-order valence-electron chi connectivity index (χ3n) is 12.9. The van der Waals surface area contributed by atoms with Crippen molar-refractivity contribution in [3.8, 4) is 6.07 Å². The van der Waals surface area contributed by atoms with Gasteiger partial charge >= 0.3 is 0 Å². The summed E-state index contributed by atoms with van der Waals surface area (Å²) < 4.78 is 0. The quantitative estimate of drug-likeness (QED) is 0.288. The average Bonchev–Trinajstić information content (AvgIpc) is 3.54. The molecule has 5 fully saturated rings. The number of nitrogens with zero attached hydrogens (tertiary/aromatic N) is 7. The molecular weight excluding hydrogens is 726 g/mol. The van der Waals surface area contributed by atoms with Crippen LogP contribution in [0.15, 0.2) is 60.8 Å². The van der Waals surface area contributed by atoms with Gasteiger partial charge in [-0.05, 0) is 105 Å². The number of piperidine rings is 3. The molecule has 2 N–H and O–H groups in total. The van der Waals surface area contributed by atoms with E-state index in [1.54, 1.807) is 6.20 Å². The largest absolute Gasteiger partial charge is 0.374 e. The number of nitrogens with one attached hydrogen (secondary N) is 2.